The van der Waals surface area contributed by atoms with Gasteiger partial charge in [0.2, 0.25) is 0 Å². The van der Waals surface area contributed by atoms with Crippen LogP contribution in [-0.2, 0) is 16.0 Å². The van der Waals surface area contributed by atoms with Crippen molar-refractivity contribution in [2.45, 2.75) is 12.8 Å². The Morgan fingerprint density at radius 3 is 2.64 bits per heavy atom. The molecule has 22 heavy (non-hydrogen) atoms. The Morgan fingerprint density at radius 2 is 1.82 bits per heavy atom. The third-order valence-corrected chi connectivity index (χ3v) is 3.66. The van der Waals surface area contributed by atoms with Crippen LogP contribution in [0.25, 0.3) is 11.6 Å². The third kappa shape index (κ3) is 2.76. The van der Waals surface area contributed by atoms with Crippen LogP contribution in [0, 0.1) is 0 Å². The number of fused-ring (bicyclic) bond motifs is 1. The molecule has 110 valence electrons. The predicted octanol–water partition coefficient (Wildman–Crippen LogP) is 1.86. The van der Waals surface area contributed by atoms with Crippen molar-refractivity contribution in [3.05, 3.63) is 65.2 Å². The second-order valence-electron chi connectivity index (χ2n) is 5.13. The highest BCUT2D eigenvalue weighted by Gasteiger charge is 2.23. The lowest BCUT2D eigenvalue weighted by Crippen LogP contribution is -2.22. The molecule has 0 radical (unpaired) electrons. The average Bonchev–Trinajstić information content (AvgIpc) is 2.82. The van der Waals surface area contributed by atoms with Crippen molar-refractivity contribution >= 4 is 29.2 Å². The van der Waals surface area contributed by atoms with Crippen molar-refractivity contribution in [2.24, 2.45) is 0 Å². The van der Waals surface area contributed by atoms with Gasteiger partial charge in [-0.2, -0.15) is 0 Å². The summed E-state index contributed by atoms with van der Waals surface area (Å²) in [6.45, 7) is 0. The molecule has 2 aromatic carbocycles. The molecule has 4 heteroatoms. The number of nitrogens with one attached hydrogen (secondary N) is 1. The van der Waals surface area contributed by atoms with Gasteiger partial charge in [-0.15, -0.1) is 0 Å². The van der Waals surface area contributed by atoms with Gasteiger partial charge in [0.15, 0.2) is 0 Å². The average molecular weight is 292 g/mol. The SMILES string of the molecule is O=C([O-])CCc1ccccc1/C=C1/C(=O)Nc2ccccc21. The normalized spacial score (nSPS) is 14.7. The molecule has 0 aromatic heterocycles. The molecule has 3 rings (SSSR count). The van der Waals surface area contributed by atoms with E-state index in [9.17, 15) is 14.7 Å². The maximum atomic E-state index is 12.1. The molecule has 1 N–H and O–H groups in total. The summed E-state index contributed by atoms with van der Waals surface area (Å²) in [6.07, 6.45) is 2.15. The summed E-state index contributed by atoms with van der Waals surface area (Å²) in [5.41, 5.74) is 3.99. The van der Waals surface area contributed by atoms with Gasteiger partial charge in [0.05, 0.1) is 0 Å². The molecular formula is C18H14NO3-. The molecule has 0 fully saturated rings. The fourth-order valence-electron chi connectivity index (χ4n) is 2.58. The molecule has 0 saturated carbocycles. The standard InChI is InChI=1S/C18H15NO3/c20-17(21)10-9-12-5-1-2-6-13(12)11-15-14-7-3-4-8-16(14)19-18(15)22/h1-8,11H,9-10H2,(H,19,22)(H,20,21)/p-1/b15-11+. The largest absolute Gasteiger partial charge is 0.550 e. The van der Waals surface area contributed by atoms with E-state index in [2.05, 4.69) is 5.32 Å². The molecule has 1 aliphatic heterocycles. The number of hydrogen-bond acceptors (Lipinski definition) is 3. The quantitative estimate of drug-likeness (QED) is 0.874. The number of hydrogen-bond donors (Lipinski definition) is 1. The highest BCUT2D eigenvalue weighted by molar-refractivity contribution is 6.34. The van der Waals surface area contributed by atoms with E-state index in [1.54, 1.807) is 0 Å². The minimum absolute atomic E-state index is 0.0387. The number of carbonyl (C=O) groups excluding carboxylic acids is 2. The fraction of sp³-hybridized carbons (Fsp3) is 0.111. The Morgan fingerprint density at radius 1 is 1.09 bits per heavy atom. The van der Waals surface area contributed by atoms with Crippen LogP contribution in [-0.4, -0.2) is 11.9 Å². The van der Waals surface area contributed by atoms with E-state index in [4.69, 9.17) is 0 Å². The van der Waals surface area contributed by atoms with E-state index in [0.29, 0.717) is 12.0 Å². The van der Waals surface area contributed by atoms with Crippen LogP contribution in [0.5, 0.6) is 0 Å². The van der Waals surface area contributed by atoms with E-state index in [1.165, 1.54) is 0 Å². The van der Waals surface area contributed by atoms with Crippen molar-refractivity contribution in [3.63, 3.8) is 0 Å². The van der Waals surface area contributed by atoms with Gasteiger partial charge >= 0.3 is 0 Å². The minimum Gasteiger partial charge on any atom is -0.550 e. The zero-order valence-corrected chi connectivity index (χ0v) is 11.8. The van der Waals surface area contributed by atoms with Gasteiger partial charge in [-0.05, 0) is 36.1 Å². The second-order valence-corrected chi connectivity index (χ2v) is 5.13. The van der Waals surface area contributed by atoms with Crippen molar-refractivity contribution in [1.29, 1.82) is 0 Å². The molecule has 0 unspecified atom stereocenters. The van der Waals surface area contributed by atoms with Crippen LogP contribution in [0.2, 0.25) is 0 Å². The molecule has 4 nitrogen and oxygen atoms in total. The third-order valence-electron chi connectivity index (χ3n) is 3.66. The number of rotatable bonds is 4. The van der Waals surface area contributed by atoms with E-state index < -0.39 is 5.97 Å². The zero-order valence-electron chi connectivity index (χ0n) is 11.8. The van der Waals surface area contributed by atoms with Gasteiger partial charge in [-0.1, -0.05) is 42.5 Å². The lowest BCUT2D eigenvalue weighted by molar-refractivity contribution is -0.305. The number of carboxylic acid groups (broad SMARTS) is 1. The molecule has 0 aliphatic carbocycles. The number of amides is 1. The number of benzene rings is 2. The van der Waals surface area contributed by atoms with Crippen molar-refractivity contribution in [3.8, 4) is 0 Å². The maximum Gasteiger partial charge on any atom is 0.256 e. The summed E-state index contributed by atoms with van der Waals surface area (Å²) >= 11 is 0. The monoisotopic (exact) mass is 292 g/mol. The van der Waals surface area contributed by atoms with Crippen LogP contribution in [0.1, 0.15) is 23.1 Å². The minimum atomic E-state index is -1.08. The smallest absolute Gasteiger partial charge is 0.256 e. The first-order chi connectivity index (χ1) is 10.6. The summed E-state index contributed by atoms with van der Waals surface area (Å²) in [6, 6.07) is 15.0. The molecule has 0 spiro atoms. The molecule has 1 aliphatic rings. The number of carbonyl (C=O) groups is 2. The van der Waals surface area contributed by atoms with Gasteiger partial charge < -0.3 is 15.2 Å². The Kier molecular flexibility index (Phi) is 3.74. The Bertz CT molecular complexity index is 777. The van der Waals surface area contributed by atoms with Crippen LogP contribution in [0.15, 0.2) is 48.5 Å². The van der Waals surface area contributed by atoms with E-state index in [1.807, 2.05) is 54.6 Å². The van der Waals surface area contributed by atoms with Crippen molar-refractivity contribution < 1.29 is 14.7 Å². The van der Waals surface area contributed by atoms with Gasteiger partial charge in [0.25, 0.3) is 5.91 Å². The number of aryl methyl sites for hydroxylation is 1. The number of aliphatic carboxylic acids is 1. The first kappa shape index (κ1) is 14.1. The highest BCUT2D eigenvalue weighted by Crippen LogP contribution is 2.33. The first-order valence-corrected chi connectivity index (χ1v) is 7.05. The Labute approximate surface area is 128 Å². The van der Waals surface area contributed by atoms with E-state index >= 15 is 0 Å². The Balaban J connectivity index is 1.99. The molecule has 0 atom stereocenters. The summed E-state index contributed by atoms with van der Waals surface area (Å²) in [4.78, 5) is 22.8. The summed E-state index contributed by atoms with van der Waals surface area (Å²) < 4.78 is 0. The van der Waals surface area contributed by atoms with E-state index in [-0.39, 0.29) is 12.3 Å². The molecule has 2 aromatic rings. The van der Waals surface area contributed by atoms with Crippen LogP contribution in [0.3, 0.4) is 0 Å². The number of anilines is 1. The second kappa shape index (κ2) is 5.85. The predicted molar refractivity (Wildman–Crippen MR) is 82.7 cm³/mol. The van der Waals surface area contributed by atoms with Gasteiger partial charge in [0.1, 0.15) is 0 Å². The van der Waals surface area contributed by atoms with Gasteiger partial charge in [-0.25, -0.2) is 0 Å². The van der Waals surface area contributed by atoms with Crippen LogP contribution >= 0.6 is 0 Å². The molecule has 0 bridgehead atoms. The lowest BCUT2D eigenvalue weighted by Gasteiger charge is -2.07. The lowest BCUT2D eigenvalue weighted by atomic mass is 9.98. The molecule has 1 heterocycles. The topological polar surface area (TPSA) is 69.2 Å². The number of para-hydroxylation sites is 1. The first-order valence-electron chi connectivity index (χ1n) is 7.05. The number of carboxylic acids is 1. The van der Waals surface area contributed by atoms with Gasteiger partial charge in [0, 0.05) is 22.8 Å². The summed E-state index contributed by atoms with van der Waals surface area (Å²) in [7, 11) is 0. The fourth-order valence-corrected chi connectivity index (χ4v) is 2.58. The van der Waals surface area contributed by atoms with Crippen LogP contribution < -0.4 is 10.4 Å². The summed E-state index contributed by atoms with van der Waals surface area (Å²) in [5.74, 6) is -1.22. The van der Waals surface area contributed by atoms with Crippen LogP contribution in [0.4, 0.5) is 5.69 Å². The highest BCUT2D eigenvalue weighted by atomic mass is 16.4. The maximum absolute atomic E-state index is 12.1. The van der Waals surface area contributed by atoms with Gasteiger partial charge in [-0.3, -0.25) is 4.79 Å². The molecule has 0 saturated heterocycles. The van der Waals surface area contributed by atoms with E-state index in [0.717, 1.165) is 22.4 Å². The van der Waals surface area contributed by atoms with Crippen molar-refractivity contribution in [1.82, 2.24) is 0 Å². The molecule has 1 amide bonds. The molecular weight excluding hydrogens is 278 g/mol. The Hall–Kier alpha value is -2.88. The zero-order chi connectivity index (χ0) is 15.5. The van der Waals surface area contributed by atoms with Crippen molar-refractivity contribution in [2.75, 3.05) is 5.32 Å². The summed E-state index contributed by atoms with van der Waals surface area (Å²) in [5, 5.41) is 13.5.